The smallest absolute Gasteiger partial charge is 0.433 e. The number of ether oxygens (including phenoxy) is 1. The Hall–Kier alpha value is -2.46. The molecule has 0 amide bonds. The van der Waals surface area contributed by atoms with E-state index in [0.717, 1.165) is 6.07 Å². The van der Waals surface area contributed by atoms with Gasteiger partial charge in [-0.2, -0.15) is 31.3 Å². The number of hydrogen-bond donors (Lipinski definition) is 1. The summed E-state index contributed by atoms with van der Waals surface area (Å²) < 4.78 is 81.1. The van der Waals surface area contributed by atoms with Crippen molar-refractivity contribution in [2.24, 2.45) is 0 Å². The van der Waals surface area contributed by atoms with Crippen molar-refractivity contribution in [3.05, 3.63) is 30.5 Å². The molecule has 0 aliphatic rings. The molecule has 2 aromatic rings. The molecule has 25 heavy (non-hydrogen) atoms. The number of nitrogens with zero attached hydrogens (tertiary/aromatic N) is 3. The second-order valence-electron chi connectivity index (χ2n) is 5.05. The molecule has 0 radical (unpaired) electrons. The first kappa shape index (κ1) is 18.9. The minimum Gasteiger partial charge on any atom is -0.480 e. The first-order chi connectivity index (χ1) is 11.5. The van der Waals surface area contributed by atoms with Gasteiger partial charge in [0, 0.05) is 6.04 Å². The summed E-state index contributed by atoms with van der Waals surface area (Å²) in [5.41, 5.74) is -1.66. The Kier molecular flexibility index (Phi) is 5.14. The average molecular weight is 368 g/mol. The van der Waals surface area contributed by atoms with E-state index in [1.165, 1.54) is 6.08 Å². The van der Waals surface area contributed by atoms with Crippen LogP contribution in [0, 0.1) is 0 Å². The fourth-order valence-electron chi connectivity index (χ4n) is 1.98. The van der Waals surface area contributed by atoms with E-state index in [4.69, 9.17) is 0 Å². The summed E-state index contributed by atoms with van der Waals surface area (Å²) >= 11 is 0. The SMILES string of the molecule is C=CC(CC)Nc1nc2c(OCC(F)(F)F)ccc(C(F)(F)F)n2n1. The van der Waals surface area contributed by atoms with Crippen molar-refractivity contribution in [2.45, 2.75) is 31.7 Å². The van der Waals surface area contributed by atoms with Gasteiger partial charge in [-0.15, -0.1) is 11.7 Å². The Bertz CT molecular complexity index is 752. The highest BCUT2D eigenvalue weighted by molar-refractivity contribution is 5.57. The van der Waals surface area contributed by atoms with Crippen LogP contribution in [0.3, 0.4) is 0 Å². The van der Waals surface area contributed by atoms with Crippen LogP contribution in [0.1, 0.15) is 19.0 Å². The van der Waals surface area contributed by atoms with Gasteiger partial charge < -0.3 is 10.1 Å². The van der Waals surface area contributed by atoms with Crippen molar-refractivity contribution in [3.8, 4) is 5.75 Å². The summed E-state index contributed by atoms with van der Waals surface area (Å²) in [7, 11) is 0. The zero-order valence-corrected chi connectivity index (χ0v) is 12.9. The monoisotopic (exact) mass is 368 g/mol. The lowest BCUT2D eigenvalue weighted by Crippen LogP contribution is -2.20. The lowest BCUT2D eigenvalue weighted by atomic mass is 10.2. The maximum absolute atomic E-state index is 13.1. The van der Waals surface area contributed by atoms with Crippen LogP contribution in [-0.2, 0) is 6.18 Å². The minimum atomic E-state index is -4.77. The van der Waals surface area contributed by atoms with Crippen molar-refractivity contribution < 1.29 is 31.1 Å². The van der Waals surface area contributed by atoms with Crippen LogP contribution in [0.25, 0.3) is 5.65 Å². The van der Waals surface area contributed by atoms with E-state index in [0.29, 0.717) is 17.0 Å². The normalized spacial score (nSPS) is 13.7. The molecular formula is C14H14F6N4O. The van der Waals surface area contributed by atoms with Crippen molar-refractivity contribution in [2.75, 3.05) is 11.9 Å². The van der Waals surface area contributed by atoms with E-state index in [1.54, 1.807) is 6.92 Å². The van der Waals surface area contributed by atoms with E-state index in [9.17, 15) is 26.3 Å². The first-order valence-electron chi connectivity index (χ1n) is 7.10. The molecule has 0 saturated heterocycles. The molecule has 0 spiro atoms. The Morgan fingerprint density at radius 1 is 1.28 bits per heavy atom. The molecule has 0 bridgehead atoms. The van der Waals surface area contributed by atoms with Gasteiger partial charge in [0.25, 0.3) is 0 Å². The fourth-order valence-corrected chi connectivity index (χ4v) is 1.98. The van der Waals surface area contributed by atoms with Crippen molar-refractivity contribution in [1.29, 1.82) is 0 Å². The highest BCUT2D eigenvalue weighted by Gasteiger charge is 2.36. The predicted octanol–water partition coefficient (Wildman–Crippen LogP) is 4.07. The maximum atomic E-state index is 13.1. The lowest BCUT2D eigenvalue weighted by molar-refractivity contribution is -0.153. The third-order valence-electron chi connectivity index (χ3n) is 3.17. The lowest BCUT2D eigenvalue weighted by Gasteiger charge is -2.12. The summed E-state index contributed by atoms with van der Waals surface area (Å²) in [6, 6.07) is 1.06. The predicted molar refractivity (Wildman–Crippen MR) is 77.4 cm³/mol. The molecule has 138 valence electrons. The standard InChI is InChI=1S/C14H14F6N4O/c1-3-8(4-2)21-12-22-11-9(25-7-13(15,16)17)5-6-10(14(18,19)20)24(11)23-12/h3,5-6,8H,1,4,7H2,2H3,(H,21,23). The van der Waals surface area contributed by atoms with Gasteiger partial charge in [-0.1, -0.05) is 13.0 Å². The molecule has 0 aliphatic heterocycles. The van der Waals surface area contributed by atoms with Crippen LogP contribution in [0.2, 0.25) is 0 Å². The summed E-state index contributed by atoms with van der Waals surface area (Å²) in [6.07, 6.45) is -7.34. The van der Waals surface area contributed by atoms with Crippen molar-refractivity contribution >= 4 is 11.6 Å². The number of halogens is 6. The number of rotatable bonds is 6. The molecule has 0 aliphatic carbocycles. The fraction of sp³-hybridized carbons (Fsp3) is 0.429. The van der Waals surface area contributed by atoms with Gasteiger partial charge in [0.1, 0.15) is 5.69 Å². The quantitative estimate of drug-likeness (QED) is 0.617. The van der Waals surface area contributed by atoms with E-state index in [-0.39, 0.29) is 12.0 Å². The molecule has 5 nitrogen and oxygen atoms in total. The van der Waals surface area contributed by atoms with Gasteiger partial charge in [-0.05, 0) is 18.6 Å². The molecule has 0 saturated carbocycles. The van der Waals surface area contributed by atoms with Crippen LogP contribution in [0.5, 0.6) is 5.75 Å². The third-order valence-corrected chi connectivity index (χ3v) is 3.17. The number of alkyl halides is 6. The molecule has 11 heteroatoms. The van der Waals surface area contributed by atoms with Crippen LogP contribution in [0.4, 0.5) is 32.3 Å². The molecule has 2 rings (SSSR count). The van der Waals surface area contributed by atoms with Gasteiger partial charge in [0.2, 0.25) is 5.95 Å². The minimum absolute atomic E-state index is 0.180. The number of fused-ring (bicyclic) bond motifs is 1. The summed E-state index contributed by atoms with van der Waals surface area (Å²) in [6.45, 7) is 3.70. The van der Waals surface area contributed by atoms with E-state index in [1.807, 2.05) is 0 Å². The van der Waals surface area contributed by atoms with Crippen molar-refractivity contribution in [1.82, 2.24) is 14.6 Å². The zero-order chi connectivity index (χ0) is 18.8. The zero-order valence-electron chi connectivity index (χ0n) is 12.9. The number of pyridine rings is 1. The Morgan fingerprint density at radius 2 is 1.96 bits per heavy atom. The van der Waals surface area contributed by atoms with Gasteiger partial charge in [-0.3, -0.25) is 0 Å². The number of anilines is 1. The van der Waals surface area contributed by atoms with E-state index in [2.05, 4.69) is 26.7 Å². The highest BCUT2D eigenvalue weighted by atomic mass is 19.4. The van der Waals surface area contributed by atoms with Gasteiger partial charge in [-0.25, -0.2) is 4.52 Å². The van der Waals surface area contributed by atoms with E-state index < -0.39 is 36.1 Å². The molecule has 0 fully saturated rings. The van der Waals surface area contributed by atoms with Crippen LogP contribution in [0.15, 0.2) is 24.8 Å². The highest BCUT2D eigenvalue weighted by Crippen LogP contribution is 2.33. The first-order valence-corrected chi connectivity index (χ1v) is 7.10. The molecule has 1 N–H and O–H groups in total. The summed E-state index contributed by atoms with van der Waals surface area (Å²) in [5, 5.41) is 6.43. The Labute approximate surface area is 138 Å². The van der Waals surface area contributed by atoms with Crippen LogP contribution >= 0.6 is 0 Å². The van der Waals surface area contributed by atoms with Gasteiger partial charge in [0.05, 0.1) is 0 Å². The second kappa shape index (κ2) is 6.81. The average Bonchev–Trinajstić information content (AvgIpc) is 2.91. The maximum Gasteiger partial charge on any atom is 0.433 e. The van der Waals surface area contributed by atoms with Crippen LogP contribution in [-0.4, -0.2) is 33.4 Å². The molecule has 0 aromatic carbocycles. The molecule has 1 unspecified atom stereocenters. The van der Waals surface area contributed by atoms with Gasteiger partial charge >= 0.3 is 12.4 Å². The second-order valence-corrected chi connectivity index (χ2v) is 5.05. The third kappa shape index (κ3) is 4.54. The topological polar surface area (TPSA) is 51.5 Å². The van der Waals surface area contributed by atoms with E-state index >= 15 is 0 Å². The molecule has 2 aromatic heterocycles. The number of hydrogen-bond acceptors (Lipinski definition) is 4. The Morgan fingerprint density at radius 3 is 2.48 bits per heavy atom. The molecule has 2 heterocycles. The Balaban J connectivity index is 2.49. The number of aromatic nitrogens is 3. The summed E-state index contributed by atoms with van der Waals surface area (Å²) in [4.78, 5) is 3.82. The number of nitrogens with one attached hydrogen (secondary N) is 1. The largest absolute Gasteiger partial charge is 0.480 e. The molecular weight excluding hydrogens is 354 g/mol. The molecule has 1 atom stereocenters. The van der Waals surface area contributed by atoms with Gasteiger partial charge in [0.15, 0.2) is 18.0 Å². The van der Waals surface area contributed by atoms with Crippen molar-refractivity contribution in [3.63, 3.8) is 0 Å². The van der Waals surface area contributed by atoms with Crippen LogP contribution < -0.4 is 10.1 Å². The summed E-state index contributed by atoms with van der Waals surface area (Å²) in [5.74, 6) is -0.641.